The van der Waals surface area contributed by atoms with Crippen molar-refractivity contribution in [3.05, 3.63) is 33.1 Å². The molecule has 0 amide bonds. The standard InChI is InChI=1S/C9H13N3O5/c10-3-4-6(14)7(15)8(17-4)12-2-1-5(13)11-9(12)16/h1-2,4,6-8,14-15H,3,10H2,(H,11,13,16)/t4-,6-,7-,8-/m1/s1. The number of nitrogens with two attached hydrogens (primary N) is 1. The fourth-order valence-corrected chi connectivity index (χ4v) is 1.78. The van der Waals surface area contributed by atoms with E-state index < -0.39 is 35.8 Å². The highest BCUT2D eigenvalue weighted by Crippen LogP contribution is 2.27. The molecule has 0 bridgehead atoms. The van der Waals surface area contributed by atoms with Crippen LogP contribution in [0.5, 0.6) is 0 Å². The molecule has 94 valence electrons. The Morgan fingerprint density at radius 3 is 2.65 bits per heavy atom. The Balaban J connectivity index is 2.35. The zero-order chi connectivity index (χ0) is 12.6. The Hall–Kier alpha value is -1.48. The van der Waals surface area contributed by atoms with Crippen LogP contribution in [0.2, 0.25) is 0 Å². The molecule has 1 aromatic heterocycles. The summed E-state index contributed by atoms with van der Waals surface area (Å²) in [5.41, 5.74) is 4.08. The van der Waals surface area contributed by atoms with Gasteiger partial charge >= 0.3 is 5.69 Å². The summed E-state index contributed by atoms with van der Waals surface area (Å²) in [4.78, 5) is 24.4. The Morgan fingerprint density at radius 2 is 2.12 bits per heavy atom. The number of nitrogens with one attached hydrogen (secondary N) is 1. The molecule has 0 aromatic carbocycles. The Bertz CT molecular complexity index is 510. The van der Waals surface area contributed by atoms with E-state index in [1.165, 1.54) is 6.20 Å². The number of aromatic nitrogens is 2. The van der Waals surface area contributed by atoms with Crippen LogP contribution in [0.3, 0.4) is 0 Å². The van der Waals surface area contributed by atoms with Gasteiger partial charge in [0, 0.05) is 18.8 Å². The summed E-state index contributed by atoms with van der Waals surface area (Å²) >= 11 is 0. The highest BCUT2D eigenvalue weighted by atomic mass is 16.6. The minimum atomic E-state index is -1.27. The summed E-state index contributed by atoms with van der Waals surface area (Å²) in [6, 6.07) is 1.12. The van der Waals surface area contributed by atoms with Gasteiger partial charge in [-0.25, -0.2) is 4.79 Å². The summed E-state index contributed by atoms with van der Waals surface area (Å²) in [6.07, 6.45) is -3.03. The van der Waals surface area contributed by atoms with E-state index in [9.17, 15) is 19.8 Å². The third-order valence-electron chi connectivity index (χ3n) is 2.69. The van der Waals surface area contributed by atoms with Gasteiger partial charge in [-0.15, -0.1) is 0 Å². The van der Waals surface area contributed by atoms with Crippen LogP contribution in [-0.4, -0.2) is 44.6 Å². The van der Waals surface area contributed by atoms with E-state index >= 15 is 0 Å². The smallest absolute Gasteiger partial charge is 0.330 e. The fraction of sp³-hybridized carbons (Fsp3) is 0.556. The Kier molecular flexibility index (Phi) is 3.11. The molecule has 0 aliphatic carbocycles. The second kappa shape index (κ2) is 4.41. The molecule has 2 heterocycles. The molecule has 2 rings (SSSR count). The first-order chi connectivity index (χ1) is 8.04. The predicted octanol–water partition coefficient (Wildman–Crippen LogP) is -2.89. The molecular weight excluding hydrogens is 230 g/mol. The first-order valence-corrected chi connectivity index (χ1v) is 5.07. The van der Waals surface area contributed by atoms with Gasteiger partial charge in [0.05, 0.1) is 0 Å². The Labute approximate surface area is 95.3 Å². The fourth-order valence-electron chi connectivity index (χ4n) is 1.78. The van der Waals surface area contributed by atoms with Gasteiger partial charge in [0.1, 0.15) is 18.3 Å². The van der Waals surface area contributed by atoms with Crippen molar-refractivity contribution in [3.8, 4) is 0 Å². The van der Waals surface area contributed by atoms with Crippen LogP contribution >= 0.6 is 0 Å². The summed E-state index contributed by atoms with van der Waals surface area (Å²) in [5, 5.41) is 19.3. The number of rotatable bonds is 2. The number of nitrogens with zero attached hydrogens (tertiary/aromatic N) is 1. The van der Waals surface area contributed by atoms with Crippen molar-refractivity contribution >= 4 is 0 Å². The lowest BCUT2D eigenvalue weighted by Gasteiger charge is -2.16. The lowest BCUT2D eigenvalue weighted by Crippen LogP contribution is -2.38. The normalized spacial score (nSPS) is 32.9. The molecule has 1 fully saturated rings. The summed E-state index contributed by atoms with van der Waals surface area (Å²) in [7, 11) is 0. The molecule has 0 unspecified atom stereocenters. The number of ether oxygens (including phenoxy) is 1. The molecule has 1 aliphatic rings. The van der Waals surface area contributed by atoms with Crippen LogP contribution in [0.4, 0.5) is 0 Å². The first kappa shape index (κ1) is 12.0. The number of aromatic amines is 1. The molecule has 1 saturated heterocycles. The highest BCUT2D eigenvalue weighted by molar-refractivity contribution is 4.93. The van der Waals surface area contributed by atoms with Crippen molar-refractivity contribution in [2.24, 2.45) is 5.73 Å². The maximum atomic E-state index is 11.5. The van der Waals surface area contributed by atoms with Gasteiger partial charge in [-0.1, -0.05) is 0 Å². The Morgan fingerprint density at radius 1 is 1.41 bits per heavy atom. The third-order valence-corrected chi connectivity index (χ3v) is 2.69. The molecule has 0 radical (unpaired) electrons. The van der Waals surface area contributed by atoms with Crippen molar-refractivity contribution in [1.82, 2.24) is 9.55 Å². The lowest BCUT2D eigenvalue weighted by atomic mass is 10.1. The van der Waals surface area contributed by atoms with E-state index in [4.69, 9.17) is 10.5 Å². The maximum absolute atomic E-state index is 11.5. The molecular formula is C9H13N3O5. The summed E-state index contributed by atoms with van der Waals surface area (Å²) in [6.45, 7) is 0.0207. The average molecular weight is 243 g/mol. The first-order valence-electron chi connectivity index (χ1n) is 5.07. The van der Waals surface area contributed by atoms with Crippen LogP contribution in [-0.2, 0) is 4.74 Å². The van der Waals surface area contributed by atoms with Gasteiger partial charge in [0.25, 0.3) is 5.56 Å². The molecule has 4 atom stereocenters. The number of aliphatic hydroxyl groups is 2. The van der Waals surface area contributed by atoms with Crippen molar-refractivity contribution in [1.29, 1.82) is 0 Å². The van der Waals surface area contributed by atoms with Gasteiger partial charge in [0.15, 0.2) is 6.23 Å². The molecule has 8 heteroatoms. The second-order valence-corrected chi connectivity index (χ2v) is 3.80. The van der Waals surface area contributed by atoms with Crippen molar-refractivity contribution in [2.75, 3.05) is 6.54 Å². The van der Waals surface area contributed by atoms with E-state index in [1.54, 1.807) is 0 Å². The molecule has 0 saturated carbocycles. The third kappa shape index (κ3) is 2.03. The zero-order valence-electron chi connectivity index (χ0n) is 8.81. The maximum Gasteiger partial charge on any atom is 0.330 e. The van der Waals surface area contributed by atoms with Gasteiger partial charge in [0.2, 0.25) is 0 Å². The highest BCUT2D eigenvalue weighted by Gasteiger charge is 2.43. The predicted molar refractivity (Wildman–Crippen MR) is 56.3 cm³/mol. The summed E-state index contributed by atoms with van der Waals surface area (Å²) in [5.74, 6) is 0. The number of hydrogen-bond donors (Lipinski definition) is 4. The lowest BCUT2D eigenvalue weighted by molar-refractivity contribution is -0.0372. The van der Waals surface area contributed by atoms with Crippen LogP contribution in [0.25, 0.3) is 0 Å². The van der Waals surface area contributed by atoms with E-state index in [2.05, 4.69) is 0 Å². The molecule has 8 nitrogen and oxygen atoms in total. The van der Waals surface area contributed by atoms with Gasteiger partial charge < -0.3 is 20.7 Å². The molecule has 1 aromatic rings. The van der Waals surface area contributed by atoms with Gasteiger partial charge in [-0.05, 0) is 0 Å². The zero-order valence-corrected chi connectivity index (χ0v) is 8.81. The monoisotopic (exact) mass is 243 g/mol. The quantitative estimate of drug-likeness (QED) is 0.441. The topological polar surface area (TPSA) is 131 Å². The van der Waals surface area contributed by atoms with E-state index in [1.807, 2.05) is 4.98 Å². The van der Waals surface area contributed by atoms with Gasteiger partial charge in [-0.3, -0.25) is 14.3 Å². The van der Waals surface area contributed by atoms with Crippen molar-refractivity contribution in [2.45, 2.75) is 24.5 Å². The van der Waals surface area contributed by atoms with Crippen molar-refractivity contribution in [3.63, 3.8) is 0 Å². The number of hydrogen-bond acceptors (Lipinski definition) is 6. The summed E-state index contributed by atoms with van der Waals surface area (Å²) < 4.78 is 6.26. The van der Waals surface area contributed by atoms with Crippen molar-refractivity contribution < 1.29 is 14.9 Å². The van der Waals surface area contributed by atoms with E-state index in [0.29, 0.717) is 0 Å². The van der Waals surface area contributed by atoms with Crippen LogP contribution in [0, 0.1) is 0 Å². The van der Waals surface area contributed by atoms with E-state index in [-0.39, 0.29) is 6.54 Å². The molecule has 17 heavy (non-hydrogen) atoms. The number of aliphatic hydroxyl groups excluding tert-OH is 2. The van der Waals surface area contributed by atoms with Crippen LogP contribution < -0.4 is 17.0 Å². The van der Waals surface area contributed by atoms with Crippen LogP contribution in [0.1, 0.15) is 6.23 Å². The molecule has 5 N–H and O–H groups in total. The average Bonchev–Trinajstić information content (AvgIpc) is 2.57. The molecule has 1 aliphatic heterocycles. The second-order valence-electron chi connectivity index (χ2n) is 3.80. The SMILES string of the molecule is NC[C@H]1O[C@@H](n2ccc(=O)[nH]c2=O)[C@H](O)[C@@H]1O. The minimum Gasteiger partial charge on any atom is -0.387 e. The number of H-pyrrole nitrogens is 1. The van der Waals surface area contributed by atoms with Crippen LogP contribution in [0.15, 0.2) is 21.9 Å². The van der Waals surface area contributed by atoms with Gasteiger partial charge in [-0.2, -0.15) is 0 Å². The minimum absolute atomic E-state index is 0.0207. The molecule has 0 spiro atoms. The van der Waals surface area contributed by atoms with E-state index in [0.717, 1.165) is 10.6 Å². The largest absolute Gasteiger partial charge is 0.387 e.